The van der Waals surface area contributed by atoms with Crippen LogP contribution in [0.1, 0.15) is 12.6 Å². The van der Waals surface area contributed by atoms with Crippen molar-refractivity contribution in [2.75, 3.05) is 18.0 Å². The number of nitrogens with one attached hydrogen (secondary N) is 1. The summed E-state index contributed by atoms with van der Waals surface area (Å²) in [6.07, 6.45) is 5.86. The predicted octanol–water partition coefficient (Wildman–Crippen LogP) is 5.23. The van der Waals surface area contributed by atoms with E-state index >= 15 is 0 Å². The number of pyridine rings is 1. The summed E-state index contributed by atoms with van der Waals surface area (Å²) in [6.45, 7) is 10.2. The molecule has 3 aromatic heterocycles. The van der Waals surface area contributed by atoms with Gasteiger partial charge in [0.25, 0.3) is 0 Å². The highest BCUT2D eigenvalue weighted by Gasteiger charge is 2.21. The minimum Gasteiger partial charge on any atom is -0.340 e. The van der Waals surface area contributed by atoms with Crippen LogP contribution < -0.4 is 10.2 Å². The van der Waals surface area contributed by atoms with Gasteiger partial charge in [-0.1, -0.05) is 36.9 Å². The van der Waals surface area contributed by atoms with Crippen molar-refractivity contribution in [3.05, 3.63) is 91.2 Å². The van der Waals surface area contributed by atoms with E-state index in [4.69, 9.17) is 4.98 Å². The maximum atomic E-state index is 4.80. The van der Waals surface area contributed by atoms with E-state index in [0.29, 0.717) is 6.04 Å². The molecule has 1 aliphatic rings. The lowest BCUT2D eigenvalue weighted by Crippen LogP contribution is -2.47. The minimum atomic E-state index is 0.376. The van der Waals surface area contributed by atoms with Crippen molar-refractivity contribution in [2.45, 2.75) is 19.9 Å². The molecule has 5 aromatic rings. The largest absolute Gasteiger partial charge is 0.340 e. The molecule has 0 aliphatic carbocycles. The fraction of sp³-hybridized carbons (Fsp3) is 0.179. The summed E-state index contributed by atoms with van der Waals surface area (Å²) in [6, 6.07) is 19.3. The molecule has 6 heteroatoms. The van der Waals surface area contributed by atoms with Crippen molar-refractivity contribution in [1.29, 1.82) is 0 Å². The first-order chi connectivity index (χ1) is 16.6. The molecule has 1 aliphatic heterocycles. The van der Waals surface area contributed by atoms with Gasteiger partial charge in [-0.15, -0.1) is 0 Å². The Labute approximate surface area is 198 Å². The average Bonchev–Trinajstić information content (AvgIpc) is 3.27. The van der Waals surface area contributed by atoms with E-state index in [1.807, 2.05) is 48.2 Å². The molecule has 34 heavy (non-hydrogen) atoms. The van der Waals surface area contributed by atoms with Crippen LogP contribution in [0.2, 0.25) is 0 Å². The van der Waals surface area contributed by atoms with Crippen LogP contribution in [-0.4, -0.2) is 38.7 Å². The van der Waals surface area contributed by atoms with Crippen molar-refractivity contribution < 1.29 is 0 Å². The molecule has 0 amide bonds. The van der Waals surface area contributed by atoms with Crippen LogP contribution in [0.15, 0.2) is 85.5 Å². The Morgan fingerprint density at radius 1 is 0.971 bits per heavy atom. The third-order valence-corrected chi connectivity index (χ3v) is 6.55. The van der Waals surface area contributed by atoms with E-state index in [-0.39, 0.29) is 0 Å². The Morgan fingerprint density at radius 3 is 2.65 bits per heavy atom. The van der Waals surface area contributed by atoms with Crippen molar-refractivity contribution in [3.63, 3.8) is 0 Å². The Hall–Kier alpha value is -4.03. The van der Waals surface area contributed by atoms with E-state index in [1.54, 1.807) is 0 Å². The first kappa shape index (κ1) is 20.6. The van der Waals surface area contributed by atoms with Crippen LogP contribution in [0.3, 0.4) is 0 Å². The van der Waals surface area contributed by atoms with Gasteiger partial charge in [0, 0.05) is 65.1 Å². The van der Waals surface area contributed by atoms with Crippen LogP contribution in [-0.2, 0) is 0 Å². The molecule has 2 aromatic carbocycles. The summed E-state index contributed by atoms with van der Waals surface area (Å²) in [5.74, 6) is 0. The van der Waals surface area contributed by atoms with E-state index in [9.17, 15) is 0 Å². The molecule has 1 N–H and O–H groups in total. The molecule has 0 saturated carbocycles. The van der Waals surface area contributed by atoms with Crippen LogP contribution in [0.5, 0.6) is 0 Å². The number of hydrogen-bond acceptors (Lipinski definition) is 5. The summed E-state index contributed by atoms with van der Waals surface area (Å²) >= 11 is 0. The number of anilines is 1. The van der Waals surface area contributed by atoms with Crippen LogP contribution in [0.4, 0.5) is 5.69 Å². The SMILES string of the molecule is C=C1CNC[C@H](C)N1c1ccc(-c2cnc3c(-c4cccc5nc(C)ccc45)cnn3c2)cc1. The summed E-state index contributed by atoms with van der Waals surface area (Å²) in [5, 5.41) is 9.13. The topological polar surface area (TPSA) is 58.3 Å². The third-order valence-electron chi connectivity index (χ3n) is 6.55. The maximum absolute atomic E-state index is 4.80. The standard InChI is InChI=1S/C28H26N6/c1-18-7-12-25-24(5-4-6-27(25)32-18)26-16-31-33-17-22(15-30-28(26)33)21-8-10-23(11-9-21)34-19(2)13-29-14-20(34)3/h4-12,15-17,20,29H,2,13-14H2,1,3H3/t20-/m0/s1. The quantitative estimate of drug-likeness (QED) is 0.411. The highest BCUT2D eigenvalue weighted by Crippen LogP contribution is 2.32. The molecule has 1 atom stereocenters. The van der Waals surface area contributed by atoms with Gasteiger partial charge in [0.2, 0.25) is 0 Å². The van der Waals surface area contributed by atoms with Gasteiger partial charge in [-0.05, 0) is 49.2 Å². The Kier molecular flexibility index (Phi) is 4.89. The first-order valence-corrected chi connectivity index (χ1v) is 11.6. The third kappa shape index (κ3) is 3.43. The zero-order valence-electron chi connectivity index (χ0n) is 19.4. The van der Waals surface area contributed by atoms with Gasteiger partial charge in [-0.2, -0.15) is 5.10 Å². The second kappa shape index (κ2) is 8.08. The molecule has 6 rings (SSSR count). The lowest BCUT2D eigenvalue weighted by molar-refractivity contribution is 0.548. The number of benzene rings is 2. The van der Waals surface area contributed by atoms with Gasteiger partial charge in [0.15, 0.2) is 5.65 Å². The summed E-state index contributed by atoms with van der Waals surface area (Å²) < 4.78 is 1.86. The number of piperazine rings is 1. The monoisotopic (exact) mass is 446 g/mol. The van der Waals surface area contributed by atoms with Gasteiger partial charge in [-0.3, -0.25) is 4.98 Å². The fourth-order valence-corrected chi connectivity index (χ4v) is 4.87. The normalized spacial score (nSPS) is 16.5. The molecule has 0 bridgehead atoms. The van der Waals surface area contributed by atoms with Gasteiger partial charge in [0.05, 0.1) is 11.7 Å². The highest BCUT2D eigenvalue weighted by molar-refractivity contribution is 5.98. The molecule has 6 nitrogen and oxygen atoms in total. The average molecular weight is 447 g/mol. The lowest BCUT2D eigenvalue weighted by Gasteiger charge is -2.37. The highest BCUT2D eigenvalue weighted by atomic mass is 15.2. The summed E-state index contributed by atoms with van der Waals surface area (Å²) in [5.41, 5.74) is 9.31. The number of hydrogen-bond donors (Lipinski definition) is 1. The molecule has 0 unspecified atom stereocenters. The second-order valence-electron chi connectivity index (χ2n) is 8.96. The van der Waals surface area contributed by atoms with Crippen molar-refractivity contribution >= 4 is 22.2 Å². The molecule has 0 radical (unpaired) electrons. The Morgan fingerprint density at radius 2 is 1.82 bits per heavy atom. The molecule has 4 heterocycles. The molecule has 1 saturated heterocycles. The smallest absolute Gasteiger partial charge is 0.162 e. The molecule has 168 valence electrons. The van der Waals surface area contributed by atoms with Crippen LogP contribution in [0.25, 0.3) is 38.8 Å². The molecular weight excluding hydrogens is 420 g/mol. The maximum Gasteiger partial charge on any atom is 0.162 e. The zero-order valence-corrected chi connectivity index (χ0v) is 19.4. The van der Waals surface area contributed by atoms with E-state index < -0.39 is 0 Å². The first-order valence-electron chi connectivity index (χ1n) is 11.6. The van der Waals surface area contributed by atoms with E-state index in [2.05, 4.69) is 70.2 Å². The van der Waals surface area contributed by atoms with Crippen molar-refractivity contribution in [3.8, 4) is 22.3 Å². The predicted molar refractivity (Wildman–Crippen MR) is 138 cm³/mol. The summed E-state index contributed by atoms with van der Waals surface area (Å²) in [4.78, 5) is 11.8. The van der Waals surface area contributed by atoms with E-state index in [1.165, 1.54) is 0 Å². The number of aromatic nitrogens is 4. The minimum absolute atomic E-state index is 0.376. The van der Waals surface area contributed by atoms with Gasteiger partial charge in [-0.25, -0.2) is 9.50 Å². The number of rotatable bonds is 3. The van der Waals surface area contributed by atoms with Gasteiger partial charge in [0.1, 0.15) is 0 Å². The van der Waals surface area contributed by atoms with Gasteiger partial charge < -0.3 is 10.2 Å². The lowest BCUT2D eigenvalue weighted by atomic mass is 10.0. The second-order valence-corrected chi connectivity index (χ2v) is 8.96. The molecule has 1 fully saturated rings. The zero-order chi connectivity index (χ0) is 23.2. The molecular formula is C28H26N6. The van der Waals surface area contributed by atoms with Crippen molar-refractivity contribution in [1.82, 2.24) is 24.9 Å². The van der Waals surface area contributed by atoms with E-state index in [0.717, 1.165) is 69.0 Å². The molecule has 0 spiro atoms. The van der Waals surface area contributed by atoms with Crippen LogP contribution in [0, 0.1) is 6.92 Å². The van der Waals surface area contributed by atoms with Gasteiger partial charge >= 0.3 is 0 Å². The fourth-order valence-electron chi connectivity index (χ4n) is 4.87. The van der Waals surface area contributed by atoms with Crippen LogP contribution >= 0.6 is 0 Å². The number of nitrogens with zero attached hydrogens (tertiary/aromatic N) is 5. The Bertz CT molecular complexity index is 1530. The number of fused-ring (bicyclic) bond motifs is 2. The summed E-state index contributed by atoms with van der Waals surface area (Å²) in [7, 11) is 0. The number of aryl methyl sites for hydroxylation is 1. The van der Waals surface area contributed by atoms with Crippen molar-refractivity contribution in [2.24, 2.45) is 0 Å². The Balaban J connectivity index is 1.35.